The van der Waals surface area contributed by atoms with Crippen molar-refractivity contribution in [1.82, 2.24) is 5.32 Å². The van der Waals surface area contributed by atoms with Gasteiger partial charge in [0.15, 0.2) is 0 Å². The van der Waals surface area contributed by atoms with Gasteiger partial charge in [0.25, 0.3) is 0 Å². The molecule has 0 aliphatic rings. The Morgan fingerprint density at radius 3 is 2.40 bits per heavy atom. The maximum absolute atomic E-state index is 8.98. The van der Waals surface area contributed by atoms with Gasteiger partial charge in [-0.15, -0.1) is 0 Å². The van der Waals surface area contributed by atoms with E-state index in [0.29, 0.717) is 19.4 Å². The molecule has 0 spiro atoms. The molecule has 4 N–H and O–H groups in total. The van der Waals surface area contributed by atoms with Crippen LogP contribution in [0.3, 0.4) is 0 Å². The summed E-state index contributed by atoms with van der Waals surface area (Å²) in [5.74, 6) is 0. The number of nitrogens with one attached hydrogen (secondary N) is 1. The van der Waals surface area contributed by atoms with Gasteiger partial charge in [-0.05, 0) is 12.8 Å². The number of hydrogen-bond donors (Lipinski definition) is 4. The van der Waals surface area contributed by atoms with Crippen molar-refractivity contribution < 1.29 is 15.3 Å². The number of rotatable bonds is 6. The third kappa shape index (κ3) is 5.97. The lowest BCUT2D eigenvalue weighted by atomic mass is 10.3. The summed E-state index contributed by atoms with van der Waals surface area (Å²) >= 11 is 0. The lowest BCUT2D eigenvalue weighted by Gasteiger charge is -2.09. The molecule has 1 atom stereocenters. The standard InChI is InChI=1S/C6H15NO3/c8-4-1-2-6(10)7-3-5-9/h6-10H,1-5H2. The molecule has 0 rings (SSSR count). The Labute approximate surface area is 60.5 Å². The highest BCUT2D eigenvalue weighted by Gasteiger charge is 1.99. The Hall–Kier alpha value is -0.160. The first-order valence-electron chi connectivity index (χ1n) is 3.44. The summed E-state index contributed by atoms with van der Waals surface area (Å²) in [4.78, 5) is 0. The van der Waals surface area contributed by atoms with Crippen molar-refractivity contribution in [3.63, 3.8) is 0 Å². The van der Waals surface area contributed by atoms with Gasteiger partial charge < -0.3 is 15.3 Å². The summed E-state index contributed by atoms with van der Waals surface area (Å²) in [6.07, 6.45) is 0.509. The molecule has 0 fully saturated rings. The minimum absolute atomic E-state index is 0.0240. The third-order valence-electron chi connectivity index (χ3n) is 1.13. The van der Waals surface area contributed by atoms with Crippen molar-refractivity contribution in [3.05, 3.63) is 0 Å². The lowest BCUT2D eigenvalue weighted by molar-refractivity contribution is 0.109. The summed E-state index contributed by atoms with van der Waals surface area (Å²) in [5, 5.41) is 28.3. The van der Waals surface area contributed by atoms with Crippen molar-refractivity contribution in [2.24, 2.45) is 0 Å². The number of hydrogen-bond acceptors (Lipinski definition) is 4. The van der Waals surface area contributed by atoms with Crippen LogP contribution in [0.1, 0.15) is 12.8 Å². The van der Waals surface area contributed by atoms with Crippen LogP contribution >= 0.6 is 0 Å². The summed E-state index contributed by atoms with van der Waals surface area (Å²) in [5.41, 5.74) is 0. The normalized spacial score (nSPS) is 13.5. The zero-order chi connectivity index (χ0) is 7.82. The average Bonchev–Trinajstić information content (AvgIpc) is 1.97. The van der Waals surface area contributed by atoms with E-state index in [1.54, 1.807) is 0 Å². The summed E-state index contributed by atoms with van der Waals surface area (Å²) in [7, 11) is 0. The molecule has 0 saturated carbocycles. The van der Waals surface area contributed by atoms with E-state index in [4.69, 9.17) is 15.3 Å². The molecule has 0 amide bonds. The number of aliphatic hydroxyl groups is 3. The quantitative estimate of drug-likeness (QED) is 0.353. The van der Waals surface area contributed by atoms with Crippen LogP contribution in [-0.4, -0.2) is 41.3 Å². The zero-order valence-electron chi connectivity index (χ0n) is 5.95. The molecule has 0 saturated heterocycles. The van der Waals surface area contributed by atoms with Crippen LogP contribution < -0.4 is 5.32 Å². The molecule has 4 heteroatoms. The minimum Gasteiger partial charge on any atom is -0.396 e. The van der Waals surface area contributed by atoms with Crippen LogP contribution in [0.5, 0.6) is 0 Å². The van der Waals surface area contributed by atoms with Gasteiger partial charge in [-0.25, -0.2) is 0 Å². The fourth-order valence-corrected chi connectivity index (χ4v) is 0.618. The first-order valence-corrected chi connectivity index (χ1v) is 3.44. The number of aliphatic hydroxyl groups excluding tert-OH is 3. The molecule has 1 unspecified atom stereocenters. The van der Waals surface area contributed by atoms with E-state index in [-0.39, 0.29) is 13.2 Å². The lowest BCUT2D eigenvalue weighted by Crippen LogP contribution is -2.31. The Balaban J connectivity index is 3.00. The molecular formula is C6H15NO3. The van der Waals surface area contributed by atoms with Crippen molar-refractivity contribution >= 4 is 0 Å². The van der Waals surface area contributed by atoms with Crippen LogP contribution in [0.15, 0.2) is 0 Å². The molecule has 0 aliphatic carbocycles. The Kier molecular flexibility index (Phi) is 6.84. The maximum atomic E-state index is 8.98. The van der Waals surface area contributed by atoms with Gasteiger partial charge in [0.2, 0.25) is 0 Å². The molecule has 0 aliphatic heterocycles. The topological polar surface area (TPSA) is 72.7 Å². The van der Waals surface area contributed by atoms with Gasteiger partial charge >= 0.3 is 0 Å². The van der Waals surface area contributed by atoms with E-state index in [2.05, 4.69) is 5.32 Å². The highest BCUT2D eigenvalue weighted by Crippen LogP contribution is 1.90. The van der Waals surface area contributed by atoms with Crippen LogP contribution in [-0.2, 0) is 0 Å². The van der Waals surface area contributed by atoms with Gasteiger partial charge in [0.05, 0.1) is 6.61 Å². The molecule has 0 radical (unpaired) electrons. The van der Waals surface area contributed by atoms with Gasteiger partial charge in [0.1, 0.15) is 6.23 Å². The summed E-state index contributed by atoms with van der Waals surface area (Å²) in [6, 6.07) is 0. The van der Waals surface area contributed by atoms with E-state index in [9.17, 15) is 0 Å². The SMILES string of the molecule is OCCCC(O)NCCO. The first-order chi connectivity index (χ1) is 4.81. The van der Waals surface area contributed by atoms with Crippen molar-refractivity contribution in [3.8, 4) is 0 Å². The third-order valence-corrected chi connectivity index (χ3v) is 1.13. The highest BCUT2D eigenvalue weighted by atomic mass is 16.3. The van der Waals surface area contributed by atoms with E-state index >= 15 is 0 Å². The van der Waals surface area contributed by atoms with E-state index in [1.165, 1.54) is 0 Å². The second kappa shape index (κ2) is 6.95. The molecule has 0 aromatic rings. The molecule has 0 aromatic carbocycles. The molecule has 10 heavy (non-hydrogen) atoms. The monoisotopic (exact) mass is 149 g/mol. The zero-order valence-corrected chi connectivity index (χ0v) is 5.95. The van der Waals surface area contributed by atoms with Crippen LogP contribution in [0.2, 0.25) is 0 Å². The second-order valence-electron chi connectivity index (χ2n) is 2.06. The first kappa shape index (κ1) is 9.84. The summed E-state index contributed by atoms with van der Waals surface area (Å²) < 4.78 is 0. The fourth-order valence-electron chi connectivity index (χ4n) is 0.618. The average molecular weight is 149 g/mol. The largest absolute Gasteiger partial charge is 0.396 e. The van der Waals surface area contributed by atoms with E-state index in [1.807, 2.05) is 0 Å². The predicted octanol–water partition coefficient (Wildman–Crippen LogP) is -1.34. The van der Waals surface area contributed by atoms with Crippen LogP contribution in [0, 0.1) is 0 Å². The minimum atomic E-state index is -0.598. The highest BCUT2D eigenvalue weighted by molar-refractivity contribution is 4.51. The van der Waals surface area contributed by atoms with E-state index < -0.39 is 6.23 Å². The molecule has 4 nitrogen and oxygen atoms in total. The second-order valence-corrected chi connectivity index (χ2v) is 2.06. The Morgan fingerprint density at radius 2 is 1.90 bits per heavy atom. The van der Waals surface area contributed by atoms with Crippen molar-refractivity contribution in [2.45, 2.75) is 19.1 Å². The van der Waals surface area contributed by atoms with Gasteiger partial charge in [0, 0.05) is 13.2 Å². The van der Waals surface area contributed by atoms with Crippen molar-refractivity contribution in [2.75, 3.05) is 19.8 Å². The molecule has 0 aromatic heterocycles. The molecule has 0 heterocycles. The molecule has 0 bridgehead atoms. The van der Waals surface area contributed by atoms with Crippen LogP contribution in [0.4, 0.5) is 0 Å². The van der Waals surface area contributed by atoms with Gasteiger partial charge in [-0.1, -0.05) is 0 Å². The Bertz CT molecular complexity index is 62.0. The smallest absolute Gasteiger partial charge is 0.105 e. The van der Waals surface area contributed by atoms with Gasteiger partial charge in [-0.3, -0.25) is 5.32 Å². The van der Waals surface area contributed by atoms with Crippen LogP contribution in [0.25, 0.3) is 0 Å². The van der Waals surface area contributed by atoms with Gasteiger partial charge in [-0.2, -0.15) is 0 Å². The fraction of sp³-hybridized carbons (Fsp3) is 1.00. The summed E-state index contributed by atoms with van der Waals surface area (Å²) in [6.45, 7) is 0.515. The predicted molar refractivity (Wildman–Crippen MR) is 37.4 cm³/mol. The van der Waals surface area contributed by atoms with E-state index in [0.717, 1.165) is 0 Å². The van der Waals surface area contributed by atoms with Crippen molar-refractivity contribution in [1.29, 1.82) is 0 Å². The maximum Gasteiger partial charge on any atom is 0.105 e. The molecular weight excluding hydrogens is 134 g/mol. The Morgan fingerprint density at radius 1 is 1.20 bits per heavy atom. The molecule has 62 valence electrons.